The monoisotopic (exact) mass is 495 g/mol. The van der Waals surface area contributed by atoms with Crippen LogP contribution in [0.5, 0.6) is 0 Å². The molecule has 1 N–H and O–H groups in total. The lowest BCUT2D eigenvalue weighted by molar-refractivity contribution is -0.136. The number of piperazine rings is 1. The summed E-state index contributed by atoms with van der Waals surface area (Å²) in [5.41, 5.74) is 9.42. The second-order valence-corrected chi connectivity index (χ2v) is 9.13. The molecule has 1 atom stereocenters. The van der Waals surface area contributed by atoms with Gasteiger partial charge in [0.25, 0.3) is 11.8 Å². The molecule has 1 aromatic carbocycles. The van der Waals surface area contributed by atoms with Crippen molar-refractivity contribution in [2.45, 2.75) is 51.0 Å². The molecule has 36 heavy (non-hydrogen) atoms. The molecule has 0 radical (unpaired) electrons. The number of benzene rings is 1. The Hall–Kier alpha value is -3.92. The van der Waals surface area contributed by atoms with Gasteiger partial charge in [-0.1, -0.05) is 24.0 Å². The van der Waals surface area contributed by atoms with Gasteiger partial charge >= 0.3 is 0 Å². The lowest BCUT2D eigenvalue weighted by Crippen LogP contribution is -2.54. The van der Waals surface area contributed by atoms with E-state index in [0.29, 0.717) is 44.8 Å². The van der Waals surface area contributed by atoms with E-state index in [4.69, 9.17) is 5.53 Å². The molecule has 1 aromatic rings. The Kier molecular flexibility index (Phi) is 7.84. The first-order chi connectivity index (χ1) is 17.4. The number of fused-ring (bicyclic) bond motifs is 1. The number of imide groups is 2. The maximum absolute atomic E-state index is 13.3. The summed E-state index contributed by atoms with van der Waals surface area (Å²) in [6.45, 7) is 2.55. The predicted octanol–water partition coefficient (Wildman–Crippen LogP) is 2.00. The predicted molar refractivity (Wildman–Crippen MR) is 129 cm³/mol. The van der Waals surface area contributed by atoms with Crippen molar-refractivity contribution in [1.29, 1.82) is 0 Å². The SMILES string of the molecule is [N-]=[N+]=NCCCCCCC(=O)N1CCN(c2cccc3c2C(=O)N(C2CCC(=O)NC2=O)C3=O)CC1. The quantitative estimate of drug-likeness (QED) is 0.182. The fraction of sp³-hybridized carbons (Fsp3) is 0.542. The molecule has 0 aromatic heterocycles. The number of azide groups is 1. The lowest BCUT2D eigenvalue weighted by Gasteiger charge is -2.37. The molecule has 3 aliphatic heterocycles. The molecule has 3 aliphatic rings. The van der Waals surface area contributed by atoms with Crippen LogP contribution in [0.4, 0.5) is 5.69 Å². The maximum atomic E-state index is 13.3. The minimum absolute atomic E-state index is 0.0718. The summed E-state index contributed by atoms with van der Waals surface area (Å²) in [6.07, 6.45) is 4.08. The number of hydrogen-bond donors (Lipinski definition) is 1. The zero-order valence-electron chi connectivity index (χ0n) is 20.0. The highest BCUT2D eigenvalue weighted by atomic mass is 16.2. The van der Waals surface area contributed by atoms with E-state index in [2.05, 4.69) is 15.3 Å². The van der Waals surface area contributed by atoms with Gasteiger partial charge < -0.3 is 9.80 Å². The van der Waals surface area contributed by atoms with E-state index < -0.39 is 29.7 Å². The van der Waals surface area contributed by atoms with Crippen LogP contribution in [0.3, 0.4) is 0 Å². The van der Waals surface area contributed by atoms with Crippen LogP contribution in [0.2, 0.25) is 0 Å². The Morgan fingerprint density at radius 2 is 1.78 bits per heavy atom. The van der Waals surface area contributed by atoms with Crippen molar-refractivity contribution in [3.05, 3.63) is 39.8 Å². The molecule has 5 amide bonds. The number of unbranched alkanes of at least 4 members (excludes halogenated alkanes) is 3. The zero-order valence-corrected chi connectivity index (χ0v) is 20.0. The largest absolute Gasteiger partial charge is 0.367 e. The molecule has 190 valence electrons. The van der Waals surface area contributed by atoms with Crippen LogP contribution in [0.15, 0.2) is 23.3 Å². The van der Waals surface area contributed by atoms with Gasteiger partial charge in [-0.05, 0) is 36.9 Å². The van der Waals surface area contributed by atoms with Crippen LogP contribution in [-0.4, -0.2) is 78.1 Å². The van der Waals surface area contributed by atoms with E-state index in [1.165, 1.54) is 0 Å². The number of piperidine rings is 1. The first kappa shape index (κ1) is 25.2. The second-order valence-electron chi connectivity index (χ2n) is 9.13. The minimum atomic E-state index is -1.00. The van der Waals surface area contributed by atoms with E-state index >= 15 is 0 Å². The van der Waals surface area contributed by atoms with E-state index in [-0.39, 0.29) is 29.9 Å². The van der Waals surface area contributed by atoms with Gasteiger partial charge in [-0.25, -0.2) is 0 Å². The van der Waals surface area contributed by atoms with E-state index in [1.807, 2.05) is 9.80 Å². The average molecular weight is 496 g/mol. The van der Waals surface area contributed by atoms with Crippen LogP contribution >= 0.6 is 0 Å². The van der Waals surface area contributed by atoms with E-state index in [0.717, 1.165) is 30.6 Å². The third-order valence-electron chi connectivity index (χ3n) is 6.88. The Balaban J connectivity index is 1.35. The second kappa shape index (κ2) is 11.2. The summed E-state index contributed by atoms with van der Waals surface area (Å²) in [5.74, 6) is -2.01. The number of hydrogen-bond acceptors (Lipinski definition) is 7. The van der Waals surface area contributed by atoms with Gasteiger partial charge in [-0.2, -0.15) is 0 Å². The third-order valence-corrected chi connectivity index (χ3v) is 6.88. The van der Waals surface area contributed by atoms with Gasteiger partial charge in [0.2, 0.25) is 17.7 Å². The normalized spacial score (nSPS) is 19.8. The summed E-state index contributed by atoms with van der Waals surface area (Å²) < 4.78 is 0. The molecule has 1 unspecified atom stereocenters. The van der Waals surface area contributed by atoms with Crippen molar-refractivity contribution in [3.8, 4) is 0 Å². The molecule has 4 rings (SSSR count). The van der Waals surface area contributed by atoms with Crippen LogP contribution in [0, 0.1) is 0 Å². The average Bonchev–Trinajstić information content (AvgIpc) is 3.13. The van der Waals surface area contributed by atoms with Crippen molar-refractivity contribution in [3.63, 3.8) is 0 Å². The molecule has 0 bridgehead atoms. The summed E-state index contributed by atoms with van der Waals surface area (Å²) in [7, 11) is 0. The van der Waals surface area contributed by atoms with Crippen LogP contribution in [0.25, 0.3) is 10.4 Å². The number of nitrogens with zero attached hydrogens (tertiary/aromatic N) is 6. The van der Waals surface area contributed by atoms with Crippen LogP contribution in [0.1, 0.15) is 65.7 Å². The van der Waals surface area contributed by atoms with E-state index in [9.17, 15) is 24.0 Å². The van der Waals surface area contributed by atoms with Crippen molar-refractivity contribution in [1.82, 2.24) is 15.1 Å². The molecule has 12 heteroatoms. The minimum Gasteiger partial charge on any atom is -0.367 e. The first-order valence-corrected chi connectivity index (χ1v) is 12.3. The number of anilines is 1. The number of amides is 5. The Bertz CT molecular complexity index is 1120. The Morgan fingerprint density at radius 1 is 1.03 bits per heavy atom. The highest BCUT2D eigenvalue weighted by Gasteiger charge is 2.46. The number of nitrogens with one attached hydrogen (secondary N) is 1. The first-order valence-electron chi connectivity index (χ1n) is 12.3. The summed E-state index contributed by atoms with van der Waals surface area (Å²) in [5, 5.41) is 5.71. The Labute approximate surface area is 208 Å². The fourth-order valence-electron chi connectivity index (χ4n) is 4.97. The molecule has 0 saturated carbocycles. The van der Waals surface area contributed by atoms with Gasteiger partial charge in [0.1, 0.15) is 6.04 Å². The van der Waals surface area contributed by atoms with Gasteiger partial charge in [-0.15, -0.1) is 0 Å². The maximum Gasteiger partial charge on any atom is 0.264 e. The van der Waals surface area contributed by atoms with Crippen LogP contribution < -0.4 is 10.2 Å². The van der Waals surface area contributed by atoms with Gasteiger partial charge in [-0.3, -0.25) is 34.2 Å². The van der Waals surface area contributed by atoms with Gasteiger partial charge in [0, 0.05) is 50.5 Å². The van der Waals surface area contributed by atoms with Crippen molar-refractivity contribution >= 4 is 35.2 Å². The van der Waals surface area contributed by atoms with Gasteiger partial charge in [0.15, 0.2) is 0 Å². The number of carbonyl (C=O) groups excluding carboxylic acids is 5. The topological polar surface area (TPSA) is 156 Å². The molecular weight excluding hydrogens is 466 g/mol. The smallest absolute Gasteiger partial charge is 0.264 e. The van der Waals surface area contributed by atoms with E-state index in [1.54, 1.807) is 18.2 Å². The molecule has 2 fully saturated rings. The highest BCUT2D eigenvalue weighted by Crippen LogP contribution is 2.34. The number of rotatable bonds is 9. The standard InChI is InChI=1S/C24H29N7O5/c25-28-26-11-4-2-1-3-8-20(33)30-14-12-29(13-15-30)17-7-5-6-16-21(17)24(36)31(23(16)35)18-9-10-19(32)27-22(18)34/h5-7,18H,1-4,8-15H2,(H,27,32,34). The fourth-order valence-corrected chi connectivity index (χ4v) is 4.97. The van der Waals surface area contributed by atoms with Crippen molar-refractivity contribution < 1.29 is 24.0 Å². The molecule has 0 spiro atoms. The summed E-state index contributed by atoms with van der Waals surface area (Å²) in [6, 6.07) is 4.08. The van der Waals surface area contributed by atoms with Crippen LogP contribution in [-0.2, 0) is 14.4 Å². The molecule has 3 heterocycles. The van der Waals surface area contributed by atoms with Crippen molar-refractivity contribution in [2.24, 2.45) is 5.11 Å². The number of carbonyl (C=O) groups is 5. The molecule has 2 saturated heterocycles. The third kappa shape index (κ3) is 5.18. The summed E-state index contributed by atoms with van der Waals surface area (Å²) >= 11 is 0. The van der Waals surface area contributed by atoms with Crippen molar-refractivity contribution in [2.75, 3.05) is 37.6 Å². The molecular formula is C24H29N7O5. The van der Waals surface area contributed by atoms with Gasteiger partial charge in [0.05, 0.1) is 16.8 Å². The molecule has 0 aliphatic carbocycles. The lowest BCUT2D eigenvalue weighted by atomic mass is 10.0. The zero-order chi connectivity index (χ0) is 25.7. The Morgan fingerprint density at radius 3 is 2.50 bits per heavy atom. The summed E-state index contributed by atoms with van der Waals surface area (Å²) in [4.78, 5) is 70.3. The molecule has 12 nitrogen and oxygen atoms in total. The highest BCUT2D eigenvalue weighted by molar-refractivity contribution is 6.25.